The molecule has 3 heteroatoms. The molecule has 0 saturated heterocycles. The van der Waals surface area contributed by atoms with E-state index in [1.54, 1.807) is 0 Å². The lowest BCUT2D eigenvalue weighted by Crippen LogP contribution is -2.34. The zero-order chi connectivity index (χ0) is 19.4. The monoisotopic (exact) mass is 380 g/mol. The molecular formula is C24H25ClO2. The van der Waals surface area contributed by atoms with Gasteiger partial charge in [-0.25, -0.2) is 0 Å². The minimum absolute atomic E-state index is 0.0539. The Labute approximate surface area is 166 Å². The molecule has 140 valence electrons. The van der Waals surface area contributed by atoms with Crippen molar-refractivity contribution < 1.29 is 9.53 Å². The number of ether oxygens (including phenoxy) is 1. The first-order chi connectivity index (χ1) is 12.7. The zero-order valence-electron chi connectivity index (χ0n) is 16.4. The van der Waals surface area contributed by atoms with Crippen LogP contribution in [-0.4, -0.2) is 12.4 Å². The highest BCUT2D eigenvalue weighted by atomic mass is 35.5. The summed E-state index contributed by atoms with van der Waals surface area (Å²) in [7, 11) is 0. The van der Waals surface area contributed by atoms with Crippen molar-refractivity contribution in [1.82, 2.24) is 0 Å². The van der Waals surface area contributed by atoms with Crippen LogP contribution in [0.4, 0.5) is 0 Å². The quantitative estimate of drug-likeness (QED) is 0.539. The number of halogens is 1. The Kier molecular flexibility index (Phi) is 4.23. The van der Waals surface area contributed by atoms with E-state index in [1.165, 1.54) is 11.1 Å². The first-order valence-corrected chi connectivity index (χ1v) is 9.88. The van der Waals surface area contributed by atoms with Crippen LogP contribution in [0.15, 0.2) is 42.0 Å². The van der Waals surface area contributed by atoms with Gasteiger partial charge in [-0.05, 0) is 70.7 Å². The second-order valence-corrected chi connectivity index (χ2v) is 9.44. The number of hydrogen-bond acceptors (Lipinski definition) is 2. The molecule has 0 amide bonds. The second kappa shape index (κ2) is 6.24. The Bertz CT molecular complexity index is 966. The Morgan fingerprint density at radius 3 is 2.33 bits per heavy atom. The number of benzene rings is 2. The largest absolute Gasteiger partial charge is 0.488 e. The molecule has 0 spiro atoms. The lowest BCUT2D eigenvalue weighted by Gasteiger charge is -2.42. The molecular weight excluding hydrogens is 356 g/mol. The average Bonchev–Trinajstić information content (AvgIpc) is 2.61. The summed E-state index contributed by atoms with van der Waals surface area (Å²) in [5.74, 6) is 0.769. The topological polar surface area (TPSA) is 26.3 Å². The molecule has 2 aliphatic rings. The molecule has 0 radical (unpaired) electrons. The third kappa shape index (κ3) is 3.21. The number of Topliss-reactive ketones (excluding diaryl/α,β-unsaturated/α-hetero) is 1. The number of hydrogen-bond donors (Lipinski definition) is 0. The van der Waals surface area contributed by atoms with E-state index in [9.17, 15) is 4.79 Å². The van der Waals surface area contributed by atoms with Gasteiger partial charge in [0.2, 0.25) is 0 Å². The van der Waals surface area contributed by atoms with Crippen molar-refractivity contribution in [3.8, 4) is 5.75 Å². The van der Waals surface area contributed by atoms with E-state index in [0.29, 0.717) is 28.5 Å². The van der Waals surface area contributed by atoms with Crippen LogP contribution in [0.2, 0.25) is 5.02 Å². The van der Waals surface area contributed by atoms with Gasteiger partial charge in [0.1, 0.15) is 12.4 Å². The molecule has 4 rings (SSSR count). The fourth-order valence-electron chi connectivity index (χ4n) is 4.19. The first-order valence-electron chi connectivity index (χ1n) is 9.50. The Morgan fingerprint density at radius 2 is 1.67 bits per heavy atom. The molecule has 1 heterocycles. The summed E-state index contributed by atoms with van der Waals surface area (Å²) in [6.45, 7) is 9.39. The minimum atomic E-state index is 0.0539. The van der Waals surface area contributed by atoms with Crippen molar-refractivity contribution in [2.45, 2.75) is 51.4 Å². The first kappa shape index (κ1) is 18.3. The molecule has 2 nitrogen and oxygen atoms in total. The molecule has 1 aliphatic heterocycles. The van der Waals surface area contributed by atoms with E-state index < -0.39 is 0 Å². The number of rotatable bonds is 1. The van der Waals surface area contributed by atoms with Crippen LogP contribution in [0.3, 0.4) is 0 Å². The third-order valence-electron chi connectivity index (χ3n) is 6.06. The summed E-state index contributed by atoms with van der Waals surface area (Å²) in [5.41, 5.74) is 5.01. The lowest BCUT2D eigenvalue weighted by atomic mass is 9.62. The molecule has 0 atom stereocenters. The van der Waals surface area contributed by atoms with Crippen molar-refractivity contribution in [3.63, 3.8) is 0 Å². The molecule has 0 aromatic heterocycles. The molecule has 2 aromatic rings. The summed E-state index contributed by atoms with van der Waals surface area (Å²) in [5, 5.41) is 0.659. The summed E-state index contributed by atoms with van der Waals surface area (Å²) in [6.07, 6.45) is 4.14. The van der Waals surface area contributed by atoms with E-state index in [1.807, 2.05) is 30.3 Å². The molecule has 1 aliphatic carbocycles. The van der Waals surface area contributed by atoms with Gasteiger partial charge in [0, 0.05) is 10.6 Å². The molecule has 0 bridgehead atoms. The average molecular weight is 381 g/mol. The lowest BCUT2D eigenvalue weighted by molar-refractivity contribution is 0.1000. The van der Waals surface area contributed by atoms with Crippen LogP contribution >= 0.6 is 11.6 Å². The van der Waals surface area contributed by atoms with Gasteiger partial charge in [0.15, 0.2) is 5.78 Å². The highest BCUT2D eigenvalue weighted by Crippen LogP contribution is 2.48. The van der Waals surface area contributed by atoms with Crippen molar-refractivity contribution in [1.29, 1.82) is 0 Å². The van der Waals surface area contributed by atoms with Crippen molar-refractivity contribution in [2.24, 2.45) is 0 Å². The Balaban J connectivity index is 1.80. The van der Waals surface area contributed by atoms with Gasteiger partial charge in [0.25, 0.3) is 0 Å². The van der Waals surface area contributed by atoms with Crippen LogP contribution in [-0.2, 0) is 10.8 Å². The molecule has 0 unspecified atom stereocenters. The van der Waals surface area contributed by atoms with Gasteiger partial charge in [0.05, 0.1) is 5.56 Å². The maximum absolute atomic E-state index is 13.2. The van der Waals surface area contributed by atoms with E-state index in [4.69, 9.17) is 16.3 Å². The standard InChI is InChI=1S/C24H25ClO2/c1-23(2)8-9-24(3,4)20-13-21-18(12-19(20)23)22(26)16(14-27-21)10-15-6-5-7-17(25)11-15/h5-7,10-13H,8-9,14H2,1-4H3/b16-10+. The third-order valence-corrected chi connectivity index (χ3v) is 6.30. The fraction of sp³-hybridized carbons (Fsp3) is 0.375. The molecule has 0 N–H and O–H groups in total. The molecule has 2 aromatic carbocycles. The highest BCUT2D eigenvalue weighted by molar-refractivity contribution is 6.30. The second-order valence-electron chi connectivity index (χ2n) is 9.00. The van der Waals surface area contributed by atoms with Gasteiger partial charge >= 0.3 is 0 Å². The van der Waals surface area contributed by atoms with Crippen molar-refractivity contribution in [2.75, 3.05) is 6.61 Å². The van der Waals surface area contributed by atoms with Gasteiger partial charge in [-0.3, -0.25) is 4.79 Å². The minimum Gasteiger partial charge on any atom is -0.488 e. The molecule has 0 saturated carbocycles. The van der Waals surface area contributed by atoms with Gasteiger partial charge in [-0.15, -0.1) is 0 Å². The van der Waals surface area contributed by atoms with Crippen molar-refractivity contribution >= 4 is 23.5 Å². The Hall–Kier alpha value is -2.06. The van der Waals surface area contributed by atoms with Gasteiger partial charge < -0.3 is 4.74 Å². The SMILES string of the molecule is CC1(C)CCC(C)(C)c2cc3c(cc21)OC/C(=C\c1cccc(Cl)c1)C3=O. The van der Waals surface area contributed by atoms with Crippen LogP contribution in [0.1, 0.15) is 67.6 Å². The smallest absolute Gasteiger partial charge is 0.196 e. The van der Waals surface area contributed by atoms with Crippen LogP contribution in [0.5, 0.6) is 5.75 Å². The van der Waals surface area contributed by atoms with E-state index in [2.05, 4.69) is 39.8 Å². The van der Waals surface area contributed by atoms with Crippen LogP contribution < -0.4 is 4.74 Å². The summed E-state index contributed by atoms with van der Waals surface area (Å²) < 4.78 is 6.01. The summed E-state index contributed by atoms with van der Waals surface area (Å²) in [6, 6.07) is 11.7. The number of ketones is 1. The van der Waals surface area contributed by atoms with E-state index >= 15 is 0 Å². The zero-order valence-corrected chi connectivity index (χ0v) is 17.1. The number of carbonyl (C=O) groups is 1. The number of carbonyl (C=O) groups excluding carboxylic acids is 1. The van der Waals surface area contributed by atoms with E-state index in [0.717, 1.165) is 18.4 Å². The normalized spacial score (nSPS) is 21.4. The predicted octanol–water partition coefficient (Wildman–Crippen LogP) is 6.35. The van der Waals surface area contributed by atoms with Crippen LogP contribution in [0.25, 0.3) is 6.08 Å². The predicted molar refractivity (Wildman–Crippen MR) is 111 cm³/mol. The summed E-state index contributed by atoms with van der Waals surface area (Å²) >= 11 is 6.07. The highest BCUT2D eigenvalue weighted by Gasteiger charge is 2.39. The maximum atomic E-state index is 13.2. The van der Waals surface area contributed by atoms with Gasteiger partial charge in [-0.1, -0.05) is 51.4 Å². The maximum Gasteiger partial charge on any atom is 0.196 e. The fourth-order valence-corrected chi connectivity index (χ4v) is 4.39. The van der Waals surface area contributed by atoms with Crippen LogP contribution in [0, 0.1) is 0 Å². The van der Waals surface area contributed by atoms with Gasteiger partial charge in [-0.2, -0.15) is 0 Å². The van der Waals surface area contributed by atoms with Crippen molar-refractivity contribution in [3.05, 3.63) is 69.2 Å². The molecule has 0 fully saturated rings. The van der Waals surface area contributed by atoms with E-state index in [-0.39, 0.29) is 16.6 Å². The number of fused-ring (bicyclic) bond motifs is 2. The Morgan fingerprint density at radius 1 is 1.00 bits per heavy atom. The molecule has 27 heavy (non-hydrogen) atoms. The summed E-state index contributed by atoms with van der Waals surface area (Å²) in [4.78, 5) is 13.2.